The lowest BCUT2D eigenvalue weighted by atomic mass is 10.4. The van der Waals surface area contributed by atoms with Crippen molar-refractivity contribution in [2.75, 3.05) is 12.3 Å². The van der Waals surface area contributed by atoms with E-state index in [2.05, 4.69) is 34.2 Å². The number of thiophene rings is 1. The van der Waals surface area contributed by atoms with Crippen LogP contribution in [0.2, 0.25) is 0 Å². The van der Waals surface area contributed by atoms with Crippen LogP contribution in [0.1, 0.15) is 15.1 Å². The number of halogens is 1. The summed E-state index contributed by atoms with van der Waals surface area (Å²) in [7, 11) is 0. The van der Waals surface area contributed by atoms with Crippen molar-refractivity contribution < 1.29 is 0 Å². The molecule has 2 heterocycles. The van der Waals surface area contributed by atoms with Crippen molar-refractivity contribution in [1.82, 2.24) is 5.32 Å². The maximum absolute atomic E-state index is 3.54. The normalized spacial score (nSPS) is 23.3. The summed E-state index contributed by atoms with van der Waals surface area (Å²) < 4.78 is 1.25. The number of aryl methyl sites for hydroxylation is 1. The molecule has 0 aliphatic carbocycles. The van der Waals surface area contributed by atoms with Crippen molar-refractivity contribution in [2.24, 2.45) is 0 Å². The van der Waals surface area contributed by atoms with Crippen molar-refractivity contribution >= 4 is 39.0 Å². The summed E-state index contributed by atoms with van der Waals surface area (Å²) in [4.78, 5) is 2.82. The molecule has 4 heteroatoms. The van der Waals surface area contributed by atoms with Gasteiger partial charge in [0.15, 0.2) is 0 Å². The Kier molecular flexibility index (Phi) is 2.79. The number of hydrogen-bond donors (Lipinski definition) is 1. The third-order valence-corrected chi connectivity index (χ3v) is 5.40. The zero-order chi connectivity index (χ0) is 8.55. The van der Waals surface area contributed by atoms with E-state index in [1.165, 1.54) is 20.0 Å². The van der Waals surface area contributed by atoms with Gasteiger partial charge in [-0.1, -0.05) is 0 Å². The first-order valence-corrected chi connectivity index (χ1v) is 6.54. The van der Waals surface area contributed by atoms with Gasteiger partial charge in [0.25, 0.3) is 0 Å². The average molecular weight is 264 g/mol. The molecule has 2 rings (SSSR count). The van der Waals surface area contributed by atoms with E-state index in [4.69, 9.17) is 0 Å². The van der Waals surface area contributed by atoms with Crippen LogP contribution in [0.25, 0.3) is 0 Å². The molecule has 1 nitrogen and oxygen atoms in total. The fraction of sp³-hybridized carbons (Fsp3) is 0.500. The van der Waals surface area contributed by atoms with Gasteiger partial charge in [0, 0.05) is 26.5 Å². The van der Waals surface area contributed by atoms with Crippen molar-refractivity contribution in [3.05, 3.63) is 20.3 Å². The van der Waals surface area contributed by atoms with Crippen molar-refractivity contribution in [3.8, 4) is 0 Å². The number of thioether (sulfide) groups is 1. The Bertz CT molecular complexity index is 259. The molecule has 66 valence electrons. The van der Waals surface area contributed by atoms with Crippen LogP contribution in [-0.4, -0.2) is 12.3 Å². The van der Waals surface area contributed by atoms with Crippen LogP contribution < -0.4 is 5.32 Å². The van der Waals surface area contributed by atoms with Gasteiger partial charge in [-0.2, -0.15) is 0 Å². The summed E-state index contributed by atoms with van der Waals surface area (Å²) in [5, 5.41) is 4.01. The summed E-state index contributed by atoms with van der Waals surface area (Å²) in [6, 6.07) is 2.23. The molecule has 1 aromatic rings. The minimum atomic E-state index is 0.542. The van der Waals surface area contributed by atoms with Crippen LogP contribution in [0.3, 0.4) is 0 Å². The lowest BCUT2D eigenvalue weighted by Gasteiger charge is -2.04. The van der Waals surface area contributed by atoms with Gasteiger partial charge in [-0.15, -0.1) is 23.1 Å². The second-order valence-electron chi connectivity index (χ2n) is 2.76. The molecule has 1 aromatic heterocycles. The lowest BCUT2D eigenvalue weighted by Crippen LogP contribution is -2.10. The molecule has 0 radical (unpaired) electrons. The maximum Gasteiger partial charge on any atom is 0.0883 e. The number of rotatable bonds is 1. The number of hydrogen-bond acceptors (Lipinski definition) is 3. The zero-order valence-electron chi connectivity index (χ0n) is 6.76. The van der Waals surface area contributed by atoms with Crippen LogP contribution in [0, 0.1) is 6.92 Å². The van der Waals surface area contributed by atoms with Crippen LogP contribution >= 0.6 is 39.0 Å². The van der Waals surface area contributed by atoms with E-state index in [1.54, 1.807) is 0 Å². The van der Waals surface area contributed by atoms with E-state index in [1.807, 2.05) is 23.1 Å². The minimum absolute atomic E-state index is 0.542. The summed E-state index contributed by atoms with van der Waals surface area (Å²) in [6.07, 6.45) is 0. The third kappa shape index (κ3) is 1.71. The molecule has 1 aliphatic rings. The zero-order valence-corrected chi connectivity index (χ0v) is 9.98. The Labute approximate surface area is 89.1 Å². The standard InChI is InChI=1S/C8H10BrNS2/c1-5-6(9)4-7(12-5)8-10-2-3-11-8/h4,8,10H,2-3H2,1H3. The molecule has 0 spiro atoms. The Morgan fingerprint density at radius 3 is 3.00 bits per heavy atom. The molecule has 1 saturated heterocycles. The molecular formula is C8H10BrNS2. The summed E-state index contributed by atoms with van der Waals surface area (Å²) in [5.74, 6) is 1.24. The maximum atomic E-state index is 3.54. The molecule has 0 saturated carbocycles. The Balaban J connectivity index is 2.21. The van der Waals surface area contributed by atoms with E-state index in [9.17, 15) is 0 Å². The van der Waals surface area contributed by atoms with Gasteiger partial charge in [-0.25, -0.2) is 0 Å². The SMILES string of the molecule is Cc1sc(C2NCCS2)cc1Br. The van der Waals surface area contributed by atoms with Crippen LogP contribution in [-0.2, 0) is 0 Å². The molecule has 1 unspecified atom stereocenters. The predicted octanol–water partition coefficient (Wildman–Crippen LogP) is 3.15. The molecule has 0 aromatic carbocycles. The van der Waals surface area contributed by atoms with Gasteiger partial charge in [0.1, 0.15) is 0 Å². The van der Waals surface area contributed by atoms with Crippen molar-refractivity contribution in [1.29, 1.82) is 0 Å². The van der Waals surface area contributed by atoms with E-state index < -0.39 is 0 Å². The second-order valence-corrected chi connectivity index (χ2v) is 6.11. The highest BCUT2D eigenvalue weighted by atomic mass is 79.9. The molecular weight excluding hydrogens is 254 g/mol. The first-order chi connectivity index (χ1) is 5.77. The summed E-state index contributed by atoms with van der Waals surface area (Å²) in [5.41, 5.74) is 0. The van der Waals surface area contributed by atoms with Gasteiger partial charge in [0.2, 0.25) is 0 Å². The smallest absolute Gasteiger partial charge is 0.0883 e. The average Bonchev–Trinajstić information content (AvgIpc) is 2.61. The highest BCUT2D eigenvalue weighted by Crippen LogP contribution is 2.37. The highest BCUT2D eigenvalue weighted by molar-refractivity contribution is 9.10. The Hall–Kier alpha value is 0.490. The van der Waals surface area contributed by atoms with Crippen LogP contribution in [0.15, 0.2) is 10.5 Å². The molecule has 1 aliphatic heterocycles. The lowest BCUT2D eigenvalue weighted by molar-refractivity contribution is 0.761. The predicted molar refractivity (Wildman–Crippen MR) is 60.0 cm³/mol. The van der Waals surface area contributed by atoms with Crippen molar-refractivity contribution in [2.45, 2.75) is 12.3 Å². The van der Waals surface area contributed by atoms with E-state index in [0.29, 0.717) is 5.37 Å². The fourth-order valence-electron chi connectivity index (χ4n) is 1.22. The minimum Gasteiger partial charge on any atom is -0.300 e. The molecule has 12 heavy (non-hydrogen) atoms. The fourth-order valence-corrected chi connectivity index (χ4v) is 4.03. The topological polar surface area (TPSA) is 12.0 Å². The molecule has 0 amide bonds. The second kappa shape index (κ2) is 3.70. The van der Waals surface area contributed by atoms with Gasteiger partial charge in [-0.3, -0.25) is 0 Å². The number of nitrogens with one attached hydrogen (secondary N) is 1. The summed E-state index contributed by atoms with van der Waals surface area (Å²) >= 11 is 7.41. The molecule has 0 bridgehead atoms. The quantitative estimate of drug-likeness (QED) is 0.836. The molecule has 1 atom stereocenters. The molecule has 1 N–H and O–H groups in total. The van der Waals surface area contributed by atoms with Gasteiger partial charge in [-0.05, 0) is 28.9 Å². The van der Waals surface area contributed by atoms with E-state index >= 15 is 0 Å². The van der Waals surface area contributed by atoms with Gasteiger partial charge in [0.05, 0.1) is 5.37 Å². The third-order valence-electron chi connectivity index (χ3n) is 1.85. The monoisotopic (exact) mass is 263 g/mol. The van der Waals surface area contributed by atoms with E-state index in [-0.39, 0.29) is 0 Å². The highest BCUT2D eigenvalue weighted by Gasteiger charge is 2.19. The largest absolute Gasteiger partial charge is 0.300 e. The van der Waals surface area contributed by atoms with Crippen molar-refractivity contribution in [3.63, 3.8) is 0 Å². The van der Waals surface area contributed by atoms with Gasteiger partial charge >= 0.3 is 0 Å². The van der Waals surface area contributed by atoms with Crippen LogP contribution in [0.4, 0.5) is 0 Å². The summed E-state index contributed by atoms with van der Waals surface area (Å²) in [6.45, 7) is 3.29. The van der Waals surface area contributed by atoms with Crippen LogP contribution in [0.5, 0.6) is 0 Å². The first-order valence-electron chi connectivity index (χ1n) is 3.88. The molecule has 1 fully saturated rings. The first kappa shape index (κ1) is 9.06. The Morgan fingerprint density at radius 2 is 2.50 bits per heavy atom. The van der Waals surface area contributed by atoms with Gasteiger partial charge < -0.3 is 5.32 Å². The Morgan fingerprint density at radius 1 is 1.67 bits per heavy atom. The van der Waals surface area contributed by atoms with E-state index in [0.717, 1.165) is 6.54 Å².